The molecule has 0 amide bonds. The first-order valence-corrected chi connectivity index (χ1v) is 10.9. The third-order valence-electron chi connectivity index (χ3n) is 4.25. The van der Waals surface area contributed by atoms with Gasteiger partial charge in [0.05, 0.1) is 19.4 Å². The van der Waals surface area contributed by atoms with Crippen molar-refractivity contribution in [3.63, 3.8) is 0 Å². The molecule has 0 aliphatic carbocycles. The summed E-state index contributed by atoms with van der Waals surface area (Å²) in [4.78, 5) is 15.6. The summed E-state index contributed by atoms with van der Waals surface area (Å²) in [5.41, 5.74) is 4.74. The zero-order valence-electron chi connectivity index (χ0n) is 15.9. The van der Waals surface area contributed by atoms with Crippen molar-refractivity contribution in [1.82, 2.24) is 15.0 Å². The lowest BCUT2D eigenvalue weighted by Crippen LogP contribution is -2.37. The zero-order chi connectivity index (χ0) is 20.8. The third-order valence-corrected chi connectivity index (χ3v) is 5.27. The van der Waals surface area contributed by atoms with E-state index >= 15 is 0 Å². The second-order valence-corrected chi connectivity index (χ2v) is 8.27. The molecule has 1 saturated heterocycles. The second kappa shape index (κ2) is 9.96. The topological polar surface area (TPSA) is 87.6 Å². The zero-order valence-corrected chi connectivity index (χ0v) is 19.1. The fourth-order valence-electron chi connectivity index (χ4n) is 2.78. The van der Waals surface area contributed by atoms with Gasteiger partial charge in [0, 0.05) is 27.7 Å². The monoisotopic (exact) mass is 531 g/mol. The second-order valence-electron chi connectivity index (χ2n) is 6.44. The first-order chi connectivity index (χ1) is 14.7. The van der Waals surface area contributed by atoms with Crippen LogP contribution in [0.2, 0.25) is 0 Å². The van der Waals surface area contributed by atoms with Crippen LogP contribution < -0.4 is 15.6 Å². The Morgan fingerprint density at radius 3 is 2.47 bits per heavy atom. The highest BCUT2D eigenvalue weighted by molar-refractivity contribution is 9.10. The summed E-state index contributed by atoms with van der Waals surface area (Å²) in [6.07, 6.45) is 1.71. The number of benzene rings is 2. The number of nitrogens with zero attached hydrogens (tertiary/aromatic N) is 5. The molecule has 1 fully saturated rings. The summed E-state index contributed by atoms with van der Waals surface area (Å²) in [7, 11) is 0. The molecule has 0 bridgehead atoms. The summed E-state index contributed by atoms with van der Waals surface area (Å²) in [6, 6.07) is 15.6. The summed E-state index contributed by atoms with van der Waals surface area (Å²) in [5.74, 6) is 1.37. The molecule has 2 heterocycles. The minimum atomic E-state index is 0.359. The van der Waals surface area contributed by atoms with Gasteiger partial charge in [-0.25, -0.2) is 5.43 Å². The van der Waals surface area contributed by atoms with Gasteiger partial charge in [-0.05, 0) is 35.9 Å². The van der Waals surface area contributed by atoms with E-state index in [4.69, 9.17) is 4.74 Å². The third kappa shape index (κ3) is 5.74. The van der Waals surface area contributed by atoms with Gasteiger partial charge in [-0.2, -0.15) is 20.1 Å². The van der Waals surface area contributed by atoms with Crippen molar-refractivity contribution in [2.75, 3.05) is 41.9 Å². The van der Waals surface area contributed by atoms with Crippen LogP contribution in [-0.4, -0.2) is 47.5 Å². The van der Waals surface area contributed by atoms with Crippen molar-refractivity contribution in [3.8, 4) is 0 Å². The van der Waals surface area contributed by atoms with Crippen LogP contribution in [0, 0.1) is 0 Å². The quantitative estimate of drug-likeness (QED) is 0.359. The molecular weight excluding hydrogens is 514 g/mol. The Labute approximate surface area is 191 Å². The normalized spacial score (nSPS) is 14.1. The van der Waals surface area contributed by atoms with Crippen molar-refractivity contribution in [1.29, 1.82) is 0 Å². The van der Waals surface area contributed by atoms with E-state index in [1.807, 2.05) is 48.5 Å². The molecule has 30 heavy (non-hydrogen) atoms. The van der Waals surface area contributed by atoms with Gasteiger partial charge in [0.15, 0.2) is 0 Å². The van der Waals surface area contributed by atoms with Crippen LogP contribution in [0.25, 0.3) is 0 Å². The van der Waals surface area contributed by atoms with Crippen LogP contribution in [0.1, 0.15) is 5.56 Å². The van der Waals surface area contributed by atoms with Gasteiger partial charge >= 0.3 is 0 Å². The molecule has 1 aromatic heterocycles. The van der Waals surface area contributed by atoms with Crippen molar-refractivity contribution in [2.45, 2.75) is 0 Å². The lowest BCUT2D eigenvalue weighted by Gasteiger charge is -2.27. The molecule has 10 heteroatoms. The highest BCUT2D eigenvalue weighted by atomic mass is 79.9. The van der Waals surface area contributed by atoms with Crippen LogP contribution >= 0.6 is 31.9 Å². The number of hydrazone groups is 1. The van der Waals surface area contributed by atoms with Crippen molar-refractivity contribution in [2.24, 2.45) is 5.10 Å². The molecule has 2 N–H and O–H groups in total. The predicted molar refractivity (Wildman–Crippen MR) is 126 cm³/mol. The van der Waals surface area contributed by atoms with Gasteiger partial charge in [0.2, 0.25) is 17.8 Å². The lowest BCUT2D eigenvalue weighted by atomic mass is 10.2. The molecule has 0 spiro atoms. The van der Waals surface area contributed by atoms with E-state index in [2.05, 4.69) is 67.6 Å². The molecule has 0 radical (unpaired) electrons. The highest BCUT2D eigenvalue weighted by Gasteiger charge is 2.16. The fraction of sp³-hybridized carbons (Fsp3) is 0.200. The molecule has 2 aromatic carbocycles. The molecule has 0 unspecified atom stereocenters. The van der Waals surface area contributed by atoms with Crippen molar-refractivity contribution >= 4 is 61.6 Å². The van der Waals surface area contributed by atoms with Crippen molar-refractivity contribution < 1.29 is 4.74 Å². The Kier molecular flexibility index (Phi) is 6.88. The highest BCUT2D eigenvalue weighted by Crippen LogP contribution is 2.21. The summed E-state index contributed by atoms with van der Waals surface area (Å²) in [5, 5.41) is 7.50. The first-order valence-electron chi connectivity index (χ1n) is 9.32. The Morgan fingerprint density at radius 1 is 0.933 bits per heavy atom. The van der Waals surface area contributed by atoms with E-state index < -0.39 is 0 Å². The SMILES string of the molecule is Brc1ccc(C=NNc2nc(Nc3cccc(Br)c3)nc(N3CCOCC3)n2)cc1. The maximum absolute atomic E-state index is 5.44. The Morgan fingerprint density at radius 2 is 1.70 bits per heavy atom. The molecule has 1 aliphatic heterocycles. The number of aromatic nitrogens is 3. The first kappa shape index (κ1) is 20.7. The van der Waals surface area contributed by atoms with E-state index in [0.29, 0.717) is 31.1 Å². The van der Waals surface area contributed by atoms with Gasteiger partial charge in [0.25, 0.3) is 0 Å². The van der Waals surface area contributed by atoms with Gasteiger partial charge in [-0.1, -0.05) is 50.1 Å². The molecule has 154 valence electrons. The standard InChI is InChI=1S/C20H19Br2N7O/c21-15-6-4-14(5-7-15)13-23-28-19-25-18(24-17-3-1-2-16(22)12-17)26-20(27-19)29-8-10-30-11-9-29/h1-7,12-13H,8-11H2,(H2,24,25,26,27,28). The van der Waals surface area contributed by atoms with E-state index in [-0.39, 0.29) is 0 Å². The maximum Gasteiger partial charge on any atom is 0.250 e. The average molecular weight is 533 g/mol. The average Bonchev–Trinajstić information content (AvgIpc) is 2.76. The number of morpholine rings is 1. The Bertz CT molecular complexity index is 1020. The van der Waals surface area contributed by atoms with Crippen LogP contribution in [-0.2, 0) is 4.74 Å². The minimum Gasteiger partial charge on any atom is -0.378 e. The summed E-state index contributed by atoms with van der Waals surface area (Å²) < 4.78 is 7.42. The van der Waals surface area contributed by atoms with Gasteiger partial charge in [-0.15, -0.1) is 0 Å². The molecule has 4 rings (SSSR count). The Hall–Kier alpha value is -2.56. The van der Waals surface area contributed by atoms with Crippen LogP contribution in [0.3, 0.4) is 0 Å². The molecule has 0 atom stereocenters. The minimum absolute atomic E-state index is 0.359. The molecule has 0 saturated carbocycles. The molecule has 1 aliphatic rings. The summed E-state index contributed by atoms with van der Waals surface area (Å²) in [6.45, 7) is 2.74. The lowest BCUT2D eigenvalue weighted by molar-refractivity contribution is 0.122. The van der Waals surface area contributed by atoms with E-state index in [1.54, 1.807) is 6.21 Å². The molecular formula is C20H19Br2N7O. The smallest absolute Gasteiger partial charge is 0.250 e. The number of halogens is 2. The number of anilines is 4. The van der Waals surface area contributed by atoms with Gasteiger partial charge < -0.3 is 15.0 Å². The van der Waals surface area contributed by atoms with E-state index in [1.165, 1.54) is 0 Å². The van der Waals surface area contributed by atoms with Gasteiger partial charge in [0.1, 0.15) is 0 Å². The number of hydrogen-bond donors (Lipinski definition) is 2. The number of nitrogens with one attached hydrogen (secondary N) is 2. The largest absolute Gasteiger partial charge is 0.378 e. The predicted octanol–water partition coefficient (Wildman–Crippen LogP) is 4.42. The van der Waals surface area contributed by atoms with Crippen molar-refractivity contribution in [3.05, 3.63) is 63.0 Å². The number of rotatable bonds is 6. The molecule has 8 nitrogen and oxygen atoms in total. The fourth-order valence-corrected chi connectivity index (χ4v) is 3.45. The Balaban J connectivity index is 1.56. The van der Waals surface area contributed by atoms with Crippen LogP contribution in [0.4, 0.5) is 23.5 Å². The number of ether oxygens (including phenoxy) is 1. The summed E-state index contributed by atoms with van der Waals surface area (Å²) >= 11 is 6.90. The van der Waals surface area contributed by atoms with Crippen LogP contribution in [0.5, 0.6) is 0 Å². The van der Waals surface area contributed by atoms with Crippen LogP contribution in [0.15, 0.2) is 62.6 Å². The maximum atomic E-state index is 5.44. The van der Waals surface area contributed by atoms with E-state index in [9.17, 15) is 0 Å². The van der Waals surface area contributed by atoms with E-state index in [0.717, 1.165) is 33.3 Å². The van der Waals surface area contributed by atoms with Gasteiger partial charge in [-0.3, -0.25) is 0 Å². The molecule has 3 aromatic rings. The number of hydrogen-bond acceptors (Lipinski definition) is 8.